The van der Waals surface area contributed by atoms with E-state index in [1.807, 2.05) is 18.2 Å². The zero-order chi connectivity index (χ0) is 18.9. The highest BCUT2D eigenvalue weighted by molar-refractivity contribution is 9.11. The zero-order valence-corrected chi connectivity index (χ0v) is 18.0. The van der Waals surface area contributed by atoms with Crippen LogP contribution in [0, 0.1) is 0 Å². The van der Waals surface area contributed by atoms with Crippen LogP contribution in [0.4, 0.5) is 10.8 Å². The standard InChI is InChI=1S/C17H16Br2N4O2S/c1-17(2,25-11-5-3-9(18)4-6-11)15(24)21-10-7-12(19)14-13(8-10)26-16(22-14)23-20/h3-8H,20H2,1-2H3,(H,21,24)(H,22,23). The quantitative estimate of drug-likeness (QED) is 0.343. The van der Waals surface area contributed by atoms with Crippen molar-refractivity contribution in [3.05, 3.63) is 45.3 Å². The fourth-order valence-electron chi connectivity index (χ4n) is 2.25. The molecule has 136 valence electrons. The Morgan fingerprint density at radius 3 is 2.58 bits per heavy atom. The smallest absolute Gasteiger partial charge is 0.267 e. The maximum Gasteiger partial charge on any atom is 0.267 e. The van der Waals surface area contributed by atoms with E-state index in [0.29, 0.717) is 16.6 Å². The summed E-state index contributed by atoms with van der Waals surface area (Å²) in [6, 6.07) is 11.0. The van der Waals surface area contributed by atoms with Crippen LogP contribution in [0.5, 0.6) is 5.75 Å². The van der Waals surface area contributed by atoms with Gasteiger partial charge in [-0.2, -0.15) is 0 Å². The number of rotatable bonds is 5. The van der Waals surface area contributed by atoms with Gasteiger partial charge in [0.25, 0.3) is 5.91 Å². The molecule has 0 fully saturated rings. The Bertz CT molecular complexity index is 957. The van der Waals surface area contributed by atoms with Gasteiger partial charge in [0, 0.05) is 14.6 Å². The SMILES string of the molecule is CC(C)(Oc1ccc(Br)cc1)C(=O)Nc1cc(Br)c2nc(NN)sc2c1. The maximum atomic E-state index is 12.7. The minimum absolute atomic E-state index is 0.256. The molecule has 0 aliphatic rings. The topological polar surface area (TPSA) is 89.3 Å². The number of hydrogen-bond acceptors (Lipinski definition) is 6. The molecule has 0 radical (unpaired) electrons. The van der Waals surface area contributed by atoms with Gasteiger partial charge in [-0.05, 0) is 66.2 Å². The number of amides is 1. The number of nitrogens with one attached hydrogen (secondary N) is 2. The largest absolute Gasteiger partial charge is 0.478 e. The van der Waals surface area contributed by atoms with Crippen molar-refractivity contribution in [2.45, 2.75) is 19.4 Å². The number of ether oxygens (including phenoxy) is 1. The van der Waals surface area contributed by atoms with Crippen LogP contribution in [-0.4, -0.2) is 16.5 Å². The Labute approximate surface area is 171 Å². The van der Waals surface area contributed by atoms with E-state index in [4.69, 9.17) is 10.6 Å². The Balaban J connectivity index is 1.79. The molecule has 6 nitrogen and oxygen atoms in total. The molecule has 1 heterocycles. The highest BCUT2D eigenvalue weighted by atomic mass is 79.9. The first-order valence-electron chi connectivity index (χ1n) is 7.61. The van der Waals surface area contributed by atoms with Gasteiger partial charge in [0.05, 0.1) is 10.2 Å². The predicted octanol–water partition coefficient (Wildman–Crippen LogP) is 4.90. The van der Waals surface area contributed by atoms with E-state index < -0.39 is 5.60 Å². The van der Waals surface area contributed by atoms with Crippen LogP contribution in [-0.2, 0) is 4.79 Å². The van der Waals surface area contributed by atoms with Gasteiger partial charge >= 0.3 is 0 Å². The molecule has 3 aromatic rings. The van der Waals surface area contributed by atoms with Crippen molar-refractivity contribution in [1.82, 2.24) is 4.98 Å². The van der Waals surface area contributed by atoms with Gasteiger partial charge in [-0.1, -0.05) is 27.3 Å². The number of benzene rings is 2. The minimum atomic E-state index is -1.05. The third-order valence-corrected chi connectivity index (χ3v) is 5.63. The Hall–Kier alpha value is -1.68. The molecular formula is C17H16Br2N4O2S. The molecule has 3 rings (SSSR count). The molecule has 0 atom stereocenters. The van der Waals surface area contributed by atoms with Gasteiger partial charge in [0.1, 0.15) is 5.75 Å². The number of thiazole rings is 1. The molecule has 26 heavy (non-hydrogen) atoms. The van der Waals surface area contributed by atoms with Crippen molar-refractivity contribution in [2.24, 2.45) is 5.84 Å². The van der Waals surface area contributed by atoms with Gasteiger partial charge in [0.2, 0.25) is 0 Å². The third kappa shape index (κ3) is 4.17. The molecule has 0 aliphatic heterocycles. The number of nitrogens with zero attached hydrogens (tertiary/aromatic N) is 1. The Morgan fingerprint density at radius 2 is 1.92 bits per heavy atom. The fourth-order valence-corrected chi connectivity index (χ4v) is 4.03. The average molecular weight is 500 g/mol. The van der Waals surface area contributed by atoms with E-state index >= 15 is 0 Å². The maximum absolute atomic E-state index is 12.7. The number of fused-ring (bicyclic) bond motifs is 1. The minimum Gasteiger partial charge on any atom is -0.478 e. The normalized spacial score (nSPS) is 11.4. The molecule has 1 amide bonds. The predicted molar refractivity (Wildman–Crippen MR) is 113 cm³/mol. The molecular weight excluding hydrogens is 484 g/mol. The molecule has 4 N–H and O–H groups in total. The summed E-state index contributed by atoms with van der Waals surface area (Å²) < 4.78 is 8.47. The molecule has 1 aromatic heterocycles. The van der Waals surface area contributed by atoms with Gasteiger partial charge in [0.15, 0.2) is 10.7 Å². The molecule has 0 spiro atoms. The summed E-state index contributed by atoms with van der Waals surface area (Å²) in [6.45, 7) is 3.45. The van der Waals surface area contributed by atoms with Crippen LogP contribution in [0.1, 0.15) is 13.8 Å². The van der Waals surface area contributed by atoms with E-state index in [1.54, 1.807) is 32.0 Å². The van der Waals surface area contributed by atoms with E-state index in [1.165, 1.54) is 11.3 Å². The number of aromatic nitrogens is 1. The number of hydrazine groups is 1. The summed E-state index contributed by atoms with van der Waals surface area (Å²) in [7, 11) is 0. The van der Waals surface area contributed by atoms with Gasteiger partial charge in [-0.3, -0.25) is 10.2 Å². The van der Waals surface area contributed by atoms with Crippen LogP contribution in [0.2, 0.25) is 0 Å². The van der Waals surface area contributed by atoms with Gasteiger partial charge in [-0.15, -0.1) is 0 Å². The lowest BCUT2D eigenvalue weighted by atomic mass is 10.1. The lowest BCUT2D eigenvalue weighted by molar-refractivity contribution is -0.128. The zero-order valence-electron chi connectivity index (χ0n) is 14.0. The highest BCUT2D eigenvalue weighted by Gasteiger charge is 2.30. The lowest BCUT2D eigenvalue weighted by Crippen LogP contribution is -2.42. The van der Waals surface area contributed by atoms with Crippen LogP contribution >= 0.6 is 43.2 Å². The van der Waals surface area contributed by atoms with Crippen molar-refractivity contribution < 1.29 is 9.53 Å². The van der Waals surface area contributed by atoms with Crippen LogP contribution in [0.3, 0.4) is 0 Å². The third-order valence-electron chi connectivity index (χ3n) is 3.56. The van der Waals surface area contributed by atoms with Crippen LogP contribution in [0.15, 0.2) is 45.3 Å². The lowest BCUT2D eigenvalue weighted by Gasteiger charge is -2.25. The first-order valence-corrected chi connectivity index (χ1v) is 10.0. The molecule has 0 aliphatic carbocycles. The molecule has 9 heteroatoms. The Morgan fingerprint density at radius 1 is 1.23 bits per heavy atom. The first kappa shape index (κ1) is 19.1. The Kier molecular flexibility index (Phi) is 5.52. The van der Waals surface area contributed by atoms with Crippen molar-refractivity contribution in [1.29, 1.82) is 0 Å². The number of halogens is 2. The van der Waals surface area contributed by atoms with Crippen LogP contribution in [0.25, 0.3) is 10.2 Å². The average Bonchev–Trinajstić information content (AvgIpc) is 3.00. The second-order valence-electron chi connectivity index (χ2n) is 5.99. The monoisotopic (exact) mass is 498 g/mol. The van der Waals surface area contributed by atoms with E-state index in [9.17, 15) is 4.79 Å². The van der Waals surface area contributed by atoms with Crippen LogP contribution < -0.4 is 21.3 Å². The number of carbonyl (C=O) groups is 1. The van der Waals surface area contributed by atoms with Crippen molar-refractivity contribution in [3.8, 4) is 5.75 Å². The van der Waals surface area contributed by atoms with E-state index in [-0.39, 0.29) is 5.91 Å². The summed E-state index contributed by atoms with van der Waals surface area (Å²) in [5.74, 6) is 5.78. The molecule has 0 saturated carbocycles. The number of hydrogen-bond donors (Lipinski definition) is 3. The summed E-state index contributed by atoms with van der Waals surface area (Å²) in [6.07, 6.45) is 0. The molecule has 0 unspecified atom stereocenters. The number of nitrogens with two attached hydrogens (primary N) is 1. The van der Waals surface area contributed by atoms with Gasteiger partial charge in [-0.25, -0.2) is 10.8 Å². The second-order valence-corrected chi connectivity index (χ2v) is 8.79. The fraction of sp³-hybridized carbons (Fsp3) is 0.176. The summed E-state index contributed by atoms with van der Waals surface area (Å²) in [5.41, 5.74) is 2.92. The first-order chi connectivity index (χ1) is 12.3. The summed E-state index contributed by atoms with van der Waals surface area (Å²) >= 11 is 8.26. The van der Waals surface area contributed by atoms with Crippen molar-refractivity contribution >= 4 is 70.1 Å². The summed E-state index contributed by atoms with van der Waals surface area (Å²) in [4.78, 5) is 17.1. The van der Waals surface area contributed by atoms with E-state index in [0.717, 1.165) is 19.2 Å². The van der Waals surface area contributed by atoms with Gasteiger partial charge < -0.3 is 10.1 Å². The van der Waals surface area contributed by atoms with E-state index in [2.05, 4.69) is 47.6 Å². The number of anilines is 2. The summed E-state index contributed by atoms with van der Waals surface area (Å²) in [5, 5.41) is 3.50. The van der Waals surface area contributed by atoms with Crippen molar-refractivity contribution in [3.63, 3.8) is 0 Å². The molecule has 0 saturated heterocycles. The van der Waals surface area contributed by atoms with Crippen molar-refractivity contribution in [2.75, 3.05) is 10.7 Å². The number of nitrogen functional groups attached to an aromatic ring is 1. The highest BCUT2D eigenvalue weighted by Crippen LogP contribution is 2.34. The molecule has 2 aromatic carbocycles. The number of carbonyl (C=O) groups excluding carboxylic acids is 1. The molecule has 0 bridgehead atoms. The second kappa shape index (κ2) is 7.51.